The molecule has 1 fully saturated rings. The van der Waals surface area contributed by atoms with E-state index in [1.165, 1.54) is 0 Å². The number of carbonyl (C=O) groups excluding carboxylic acids is 2. The molecule has 1 atom stereocenters. The Labute approximate surface area is 113 Å². The number of para-hydroxylation sites is 1. The molecule has 0 bridgehead atoms. The van der Waals surface area contributed by atoms with Crippen LogP contribution in [0.1, 0.15) is 12.0 Å². The lowest BCUT2D eigenvalue weighted by Crippen LogP contribution is -2.25. The summed E-state index contributed by atoms with van der Waals surface area (Å²) in [5, 5.41) is 5.60. The second-order valence-electron chi connectivity index (χ2n) is 5.09. The third kappa shape index (κ3) is 3.54. The van der Waals surface area contributed by atoms with Crippen LogP contribution in [0, 0.1) is 5.92 Å². The van der Waals surface area contributed by atoms with Crippen LogP contribution < -0.4 is 10.6 Å². The molecule has 0 aliphatic carbocycles. The average molecular weight is 261 g/mol. The van der Waals surface area contributed by atoms with Crippen molar-refractivity contribution in [2.24, 2.45) is 5.92 Å². The van der Waals surface area contributed by atoms with E-state index in [9.17, 15) is 9.59 Å². The van der Waals surface area contributed by atoms with Crippen LogP contribution in [-0.4, -0.2) is 37.4 Å². The summed E-state index contributed by atoms with van der Waals surface area (Å²) in [5.74, 6) is -0.411. The summed E-state index contributed by atoms with van der Waals surface area (Å²) in [4.78, 5) is 25.3. The van der Waals surface area contributed by atoms with Crippen molar-refractivity contribution in [3.8, 4) is 0 Å². The van der Waals surface area contributed by atoms with E-state index < -0.39 is 0 Å². The summed E-state index contributed by atoms with van der Waals surface area (Å²) < 4.78 is 0. The molecular formula is C14H19N3O2. The zero-order valence-corrected chi connectivity index (χ0v) is 11.3. The Balaban J connectivity index is 2.06. The van der Waals surface area contributed by atoms with E-state index in [2.05, 4.69) is 10.6 Å². The molecule has 102 valence electrons. The number of hydrogen-bond donors (Lipinski definition) is 2. The first-order chi connectivity index (χ1) is 9.06. The molecule has 2 rings (SSSR count). The van der Waals surface area contributed by atoms with Crippen LogP contribution in [-0.2, 0) is 16.1 Å². The Morgan fingerprint density at radius 3 is 2.79 bits per heavy atom. The molecule has 1 saturated heterocycles. The van der Waals surface area contributed by atoms with Gasteiger partial charge in [0.25, 0.3) is 0 Å². The van der Waals surface area contributed by atoms with E-state index in [1.54, 1.807) is 0 Å². The van der Waals surface area contributed by atoms with Crippen LogP contribution in [0.3, 0.4) is 0 Å². The third-order valence-corrected chi connectivity index (χ3v) is 3.11. The fourth-order valence-electron chi connectivity index (χ4n) is 2.15. The van der Waals surface area contributed by atoms with Gasteiger partial charge in [0, 0.05) is 25.2 Å². The molecule has 19 heavy (non-hydrogen) atoms. The van der Waals surface area contributed by atoms with Crippen LogP contribution in [0.4, 0.5) is 5.69 Å². The molecule has 1 aromatic carbocycles. The Morgan fingerprint density at radius 2 is 2.16 bits per heavy atom. The molecular weight excluding hydrogens is 242 g/mol. The van der Waals surface area contributed by atoms with Crippen molar-refractivity contribution < 1.29 is 9.59 Å². The summed E-state index contributed by atoms with van der Waals surface area (Å²) in [6.45, 7) is 1.19. The molecule has 1 aliphatic heterocycles. The molecule has 0 saturated carbocycles. The fourth-order valence-corrected chi connectivity index (χ4v) is 2.15. The lowest BCUT2D eigenvalue weighted by Gasteiger charge is -2.16. The Hall–Kier alpha value is -1.88. The van der Waals surface area contributed by atoms with Crippen LogP contribution in [0.2, 0.25) is 0 Å². The van der Waals surface area contributed by atoms with Crippen molar-refractivity contribution in [2.45, 2.75) is 13.0 Å². The predicted octanol–water partition coefficient (Wildman–Crippen LogP) is 0.823. The monoisotopic (exact) mass is 261 g/mol. The number of hydrogen-bond acceptors (Lipinski definition) is 3. The minimum atomic E-state index is -0.264. The molecule has 0 spiro atoms. The quantitative estimate of drug-likeness (QED) is 0.843. The van der Waals surface area contributed by atoms with E-state index in [-0.39, 0.29) is 24.2 Å². The van der Waals surface area contributed by atoms with E-state index in [4.69, 9.17) is 0 Å². The summed E-state index contributed by atoms with van der Waals surface area (Å²) in [6, 6.07) is 7.73. The van der Waals surface area contributed by atoms with E-state index in [0.29, 0.717) is 6.54 Å². The van der Waals surface area contributed by atoms with Crippen molar-refractivity contribution >= 4 is 17.5 Å². The van der Waals surface area contributed by atoms with Gasteiger partial charge in [-0.05, 0) is 25.7 Å². The fraction of sp³-hybridized carbons (Fsp3) is 0.429. The van der Waals surface area contributed by atoms with Crippen molar-refractivity contribution in [3.05, 3.63) is 29.8 Å². The van der Waals surface area contributed by atoms with Gasteiger partial charge in [0.15, 0.2) is 0 Å². The van der Waals surface area contributed by atoms with Crippen LogP contribution >= 0.6 is 0 Å². The molecule has 1 aliphatic rings. The molecule has 1 heterocycles. The van der Waals surface area contributed by atoms with E-state index in [1.807, 2.05) is 43.3 Å². The second-order valence-corrected chi connectivity index (χ2v) is 5.09. The maximum Gasteiger partial charge on any atom is 0.229 e. The molecule has 1 aromatic rings. The van der Waals surface area contributed by atoms with Gasteiger partial charge in [-0.15, -0.1) is 0 Å². The van der Waals surface area contributed by atoms with Gasteiger partial charge in [-0.3, -0.25) is 9.59 Å². The number of nitrogens with one attached hydrogen (secondary N) is 2. The Bertz CT molecular complexity index is 485. The van der Waals surface area contributed by atoms with Gasteiger partial charge in [0.2, 0.25) is 11.8 Å². The van der Waals surface area contributed by atoms with Crippen LogP contribution in [0.5, 0.6) is 0 Å². The second kappa shape index (κ2) is 5.84. The summed E-state index contributed by atoms with van der Waals surface area (Å²) in [7, 11) is 3.97. The van der Waals surface area contributed by atoms with Crippen molar-refractivity contribution in [3.63, 3.8) is 0 Å². The maximum atomic E-state index is 12.1. The average Bonchev–Trinajstić information content (AvgIpc) is 2.78. The number of carbonyl (C=O) groups is 2. The van der Waals surface area contributed by atoms with Gasteiger partial charge in [-0.25, -0.2) is 0 Å². The normalized spacial score (nSPS) is 18.5. The highest BCUT2D eigenvalue weighted by Crippen LogP contribution is 2.19. The highest BCUT2D eigenvalue weighted by atomic mass is 16.2. The lowest BCUT2D eigenvalue weighted by molar-refractivity contribution is -0.123. The number of anilines is 1. The Kier molecular flexibility index (Phi) is 4.16. The van der Waals surface area contributed by atoms with Crippen molar-refractivity contribution in [1.29, 1.82) is 0 Å². The summed E-state index contributed by atoms with van der Waals surface area (Å²) in [5.41, 5.74) is 1.89. The molecule has 5 nitrogen and oxygen atoms in total. The van der Waals surface area contributed by atoms with E-state index >= 15 is 0 Å². The van der Waals surface area contributed by atoms with Crippen LogP contribution in [0.15, 0.2) is 24.3 Å². The minimum absolute atomic E-state index is 0.0540. The van der Waals surface area contributed by atoms with Crippen molar-refractivity contribution in [2.75, 3.05) is 26.0 Å². The zero-order valence-electron chi connectivity index (χ0n) is 11.3. The zero-order chi connectivity index (χ0) is 13.8. The van der Waals surface area contributed by atoms with Gasteiger partial charge < -0.3 is 15.5 Å². The summed E-state index contributed by atoms with van der Waals surface area (Å²) >= 11 is 0. The molecule has 2 amide bonds. The standard InChI is InChI=1S/C14H19N3O2/c1-17(2)9-10-5-3-4-6-12(10)16-14(19)11-7-13(18)15-8-11/h3-6,11H,7-9H2,1-2H3,(H,15,18)(H,16,19). The molecule has 1 unspecified atom stereocenters. The first-order valence-corrected chi connectivity index (χ1v) is 6.36. The first kappa shape index (κ1) is 13.5. The first-order valence-electron chi connectivity index (χ1n) is 6.36. The molecule has 0 radical (unpaired) electrons. The minimum Gasteiger partial charge on any atom is -0.355 e. The van der Waals surface area contributed by atoms with Gasteiger partial charge in [-0.2, -0.15) is 0 Å². The number of nitrogens with zero attached hydrogens (tertiary/aromatic N) is 1. The number of benzene rings is 1. The maximum absolute atomic E-state index is 12.1. The molecule has 2 N–H and O–H groups in total. The van der Waals surface area contributed by atoms with Crippen LogP contribution in [0.25, 0.3) is 0 Å². The Morgan fingerprint density at radius 1 is 1.42 bits per heavy atom. The third-order valence-electron chi connectivity index (χ3n) is 3.11. The lowest BCUT2D eigenvalue weighted by atomic mass is 10.1. The highest BCUT2D eigenvalue weighted by Gasteiger charge is 2.28. The van der Waals surface area contributed by atoms with E-state index in [0.717, 1.165) is 17.8 Å². The van der Waals surface area contributed by atoms with Crippen molar-refractivity contribution in [1.82, 2.24) is 10.2 Å². The summed E-state index contributed by atoms with van der Waals surface area (Å²) in [6.07, 6.45) is 0.279. The molecule has 0 aromatic heterocycles. The highest BCUT2D eigenvalue weighted by molar-refractivity contribution is 5.97. The number of rotatable bonds is 4. The predicted molar refractivity (Wildman–Crippen MR) is 73.6 cm³/mol. The van der Waals surface area contributed by atoms with Gasteiger partial charge in [-0.1, -0.05) is 18.2 Å². The van der Waals surface area contributed by atoms with Gasteiger partial charge in [0.05, 0.1) is 5.92 Å². The van der Waals surface area contributed by atoms with Gasteiger partial charge in [0.1, 0.15) is 0 Å². The van der Waals surface area contributed by atoms with Gasteiger partial charge >= 0.3 is 0 Å². The smallest absolute Gasteiger partial charge is 0.229 e. The number of amides is 2. The largest absolute Gasteiger partial charge is 0.355 e. The molecule has 5 heteroatoms. The topological polar surface area (TPSA) is 61.4 Å². The SMILES string of the molecule is CN(C)Cc1ccccc1NC(=O)C1CNC(=O)C1.